The summed E-state index contributed by atoms with van der Waals surface area (Å²) in [6.45, 7) is 0. The van der Waals surface area contributed by atoms with Crippen LogP contribution in [0.15, 0.2) is 24.3 Å². The Morgan fingerprint density at radius 2 is 1.85 bits per heavy atom. The second kappa shape index (κ2) is 3.63. The highest BCUT2D eigenvalue weighted by Gasteiger charge is 2.23. The summed E-state index contributed by atoms with van der Waals surface area (Å²) in [5, 5.41) is 9.21. The molecule has 0 amide bonds. The summed E-state index contributed by atoms with van der Waals surface area (Å²) in [4.78, 5) is 0. The fraction of sp³-hybridized carbons (Fsp3) is 0.143. The fourth-order valence-electron chi connectivity index (χ4n) is 0.836. The molecule has 0 saturated heterocycles. The van der Waals surface area contributed by atoms with Crippen molar-refractivity contribution in [1.82, 2.24) is 0 Å². The van der Waals surface area contributed by atoms with Crippen LogP contribution in [0.3, 0.4) is 0 Å². The Kier molecular flexibility index (Phi) is 2.92. The highest BCUT2D eigenvalue weighted by atomic mass is 35.5. The number of aliphatic hydroxyl groups excluding tert-OH is 1. The summed E-state index contributed by atoms with van der Waals surface area (Å²) in [6, 6.07) is 5.84. The van der Waals surface area contributed by atoms with E-state index in [1.807, 2.05) is 0 Å². The molecule has 0 radical (unpaired) electrons. The number of halogens is 1. The van der Waals surface area contributed by atoms with Gasteiger partial charge in [0.15, 0.2) is 0 Å². The van der Waals surface area contributed by atoms with Crippen LogP contribution in [-0.2, 0) is 10.1 Å². The number of aliphatic hydroxyl groups is 1. The van der Waals surface area contributed by atoms with Gasteiger partial charge >= 0.3 is 0 Å². The van der Waals surface area contributed by atoms with Crippen molar-refractivity contribution in [2.75, 3.05) is 0 Å². The van der Waals surface area contributed by atoms with E-state index in [0.29, 0.717) is 0 Å². The van der Waals surface area contributed by atoms with Crippen LogP contribution in [0.2, 0.25) is 5.02 Å². The average molecular weight is 223 g/mol. The SMILES string of the molecule is O=S(=O)(O)C(O)c1ccccc1Cl. The van der Waals surface area contributed by atoms with Crippen LogP contribution in [0.1, 0.15) is 11.0 Å². The molecule has 4 nitrogen and oxygen atoms in total. The molecule has 1 aromatic carbocycles. The van der Waals surface area contributed by atoms with Crippen LogP contribution < -0.4 is 0 Å². The minimum absolute atomic E-state index is 0.0355. The third-order valence-electron chi connectivity index (χ3n) is 1.45. The van der Waals surface area contributed by atoms with Gasteiger partial charge in [0.2, 0.25) is 5.44 Å². The number of hydrogen-bond donors (Lipinski definition) is 2. The molecular weight excluding hydrogens is 216 g/mol. The first-order chi connectivity index (χ1) is 5.93. The highest BCUT2D eigenvalue weighted by Crippen LogP contribution is 2.25. The molecule has 0 fully saturated rings. The minimum atomic E-state index is -4.51. The largest absolute Gasteiger partial charge is 0.371 e. The molecule has 1 atom stereocenters. The zero-order valence-electron chi connectivity index (χ0n) is 6.38. The molecule has 2 N–H and O–H groups in total. The van der Waals surface area contributed by atoms with Gasteiger partial charge in [0.1, 0.15) is 0 Å². The standard InChI is InChI=1S/C7H7ClO4S/c8-6-4-2-1-3-5(6)7(9)13(10,11)12/h1-4,7,9H,(H,10,11,12). The summed E-state index contributed by atoms with van der Waals surface area (Å²) in [6.07, 6.45) is 0. The lowest BCUT2D eigenvalue weighted by Crippen LogP contribution is -2.11. The predicted molar refractivity (Wildman–Crippen MR) is 48.0 cm³/mol. The maximum Gasteiger partial charge on any atom is 0.296 e. The average Bonchev–Trinajstić information content (AvgIpc) is 2.02. The van der Waals surface area contributed by atoms with E-state index < -0.39 is 15.6 Å². The molecule has 1 rings (SSSR count). The van der Waals surface area contributed by atoms with Crippen molar-refractivity contribution in [2.24, 2.45) is 0 Å². The molecule has 72 valence electrons. The highest BCUT2D eigenvalue weighted by molar-refractivity contribution is 7.85. The first-order valence-corrected chi connectivity index (χ1v) is 5.20. The van der Waals surface area contributed by atoms with Gasteiger partial charge in [-0.25, -0.2) is 0 Å². The van der Waals surface area contributed by atoms with Crippen LogP contribution in [0.5, 0.6) is 0 Å². The van der Waals surface area contributed by atoms with E-state index >= 15 is 0 Å². The quantitative estimate of drug-likeness (QED) is 0.738. The summed E-state index contributed by atoms with van der Waals surface area (Å²) < 4.78 is 29.6. The van der Waals surface area contributed by atoms with Crippen LogP contribution in [0.4, 0.5) is 0 Å². The predicted octanol–water partition coefficient (Wildman–Crippen LogP) is 1.22. The van der Waals surface area contributed by atoms with Gasteiger partial charge in [0, 0.05) is 10.6 Å². The van der Waals surface area contributed by atoms with Gasteiger partial charge in [0.05, 0.1) is 0 Å². The van der Waals surface area contributed by atoms with E-state index in [2.05, 4.69) is 0 Å². The molecule has 0 aromatic heterocycles. The van der Waals surface area contributed by atoms with Crippen molar-refractivity contribution in [3.05, 3.63) is 34.9 Å². The molecule has 0 spiro atoms. The summed E-state index contributed by atoms with van der Waals surface area (Å²) in [5.41, 5.74) is -2.02. The van der Waals surface area contributed by atoms with Gasteiger partial charge in [-0.05, 0) is 6.07 Å². The smallest absolute Gasteiger partial charge is 0.296 e. The first-order valence-electron chi connectivity index (χ1n) is 3.31. The monoisotopic (exact) mass is 222 g/mol. The van der Waals surface area contributed by atoms with E-state index in [1.54, 1.807) is 6.07 Å². The zero-order chi connectivity index (χ0) is 10.1. The Morgan fingerprint density at radius 1 is 1.31 bits per heavy atom. The molecule has 0 aliphatic rings. The topological polar surface area (TPSA) is 74.6 Å². The van der Waals surface area contributed by atoms with E-state index in [0.717, 1.165) is 0 Å². The van der Waals surface area contributed by atoms with Gasteiger partial charge < -0.3 is 5.11 Å². The lowest BCUT2D eigenvalue weighted by atomic mass is 10.2. The van der Waals surface area contributed by atoms with Crippen molar-refractivity contribution < 1.29 is 18.1 Å². The number of hydrogen-bond acceptors (Lipinski definition) is 3. The summed E-state index contributed by atoms with van der Waals surface area (Å²) in [7, 11) is -4.51. The Bertz CT molecular complexity index is 401. The third-order valence-corrected chi connectivity index (χ3v) is 2.62. The Balaban J connectivity index is 3.17. The second-order valence-corrected chi connectivity index (χ2v) is 4.27. The second-order valence-electron chi connectivity index (χ2n) is 2.39. The van der Waals surface area contributed by atoms with Crippen LogP contribution in [0.25, 0.3) is 0 Å². The van der Waals surface area contributed by atoms with Crippen molar-refractivity contribution in [1.29, 1.82) is 0 Å². The zero-order valence-corrected chi connectivity index (χ0v) is 7.96. The van der Waals surface area contributed by atoms with Crippen molar-refractivity contribution >= 4 is 21.7 Å². The molecule has 1 aromatic rings. The Hall–Kier alpha value is -0.620. The molecule has 1 unspecified atom stereocenters. The molecule has 0 bridgehead atoms. The maximum atomic E-state index is 10.5. The normalized spacial score (nSPS) is 14.1. The van der Waals surface area contributed by atoms with E-state index in [-0.39, 0.29) is 10.6 Å². The lowest BCUT2D eigenvalue weighted by Gasteiger charge is -2.08. The van der Waals surface area contributed by atoms with E-state index in [9.17, 15) is 8.42 Å². The number of benzene rings is 1. The molecular formula is C7H7ClO4S. The van der Waals surface area contributed by atoms with Crippen molar-refractivity contribution in [2.45, 2.75) is 5.44 Å². The molecule has 13 heavy (non-hydrogen) atoms. The Labute approximate surface area is 80.5 Å². The lowest BCUT2D eigenvalue weighted by molar-refractivity contribution is 0.238. The van der Waals surface area contributed by atoms with Crippen molar-refractivity contribution in [3.63, 3.8) is 0 Å². The Morgan fingerprint density at radius 3 is 2.31 bits per heavy atom. The summed E-state index contributed by atoms with van der Waals surface area (Å²) in [5.74, 6) is 0. The van der Waals surface area contributed by atoms with Crippen LogP contribution >= 0.6 is 11.6 Å². The van der Waals surface area contributed by atoms with Gasteiger partial charge in [-0.2, -0.15) is 8.42 Å². The van der Waals surface area contributed by atoms with E-state index in [1.165, 1.54) is 18.2 Å². The van der Waals surface area contributed by atoms with Crippen molar-refractivity contribution in [3.8, 4) is 0 Å². The summed E-state index contributed by atoms with van der Waals surface area (Å²) >= 11 is 5.59. The number of rotatable bonds is 2. The first kappa shape index (κ1) is 10.5. The van der Waals surface area contributed by atoms with E-state index in [4.69, 9.17) is 21.3 Å². The fourth-order valence-corrected chi connectivity index (χ4v) is 1.67. The molecule has 0 heterocycles. The van der Waals surface area contributed by atoms with Gasteiger partial charge in [-0.15, -0.1) is 0 Å². The minimum Gasteiger partial charge on any atom is -0.371 e. The molecule has 0 aliphatic heterocycles. The van der Waals surface area contributed by atoms with Gasteiger partial charge in [0.25, 0.3) is 10.1 Å². The molecule has 6 heteroatoms. The van der Waals surface area contributed by atoms with Gasteiger partial charge in [-0.1, -0.05) is 29.8 Å². The van der Waals surface area contributed by atoms with Gasteiger partial charge in [-0.3, -0.25) is 4.55 Å². The molecule has 0 aliphatic carbocycles. The van der Waals surface area contributed by atoms with Crippen LogP contribution in [0, 0.1) is 0 Å². The van der Waals surface area contributed by atoms with Crippen LogP contribution in [-0.4, -0.2) is 18.1 Å². The maximum absolute atomic E-state index is 10.5. The molecule has 0 saturated carbocycles. The third kappa shape index (κ3) is 2.41.